The number of hydrazone groups is 1. The van der Waals surface area contributed by atoms with Crippen molar-refractivity contribution >= 4 is 29.2 Å². The average molecular weight is 359 g/mol. The van der Waals surface area contributed by atoms with Gasteiger partial charge in [-0.2, -0.15) is 5.10 Å². The lowest BCUT2D eigenvalue weighted by molar-refractivity contribution is 0.340. The van der Waals surface area contributed by atoms with Crippen LogP contribution in [0.4, 0.5) is 5.69 Å². The van der Waals surface area contributed by atoms with Crippen molar-refractivity contribution in [3.8, 4) is 17.2 Å². The Hall–Kier alpha value is -2.80. The molecule has 0 saturated carbocycles. The summed E-state index contributed by atoms with van der Waals surface area (Å²) in [7, 11) is 3.21. The zero-order chi connectivity index (χ0) is 18.1. The number of nitrogens with one attached hydrogen (secondary N) is 2. The van der Waals surface area contributed by atoms with Gasteiger partial charge in [-0.25, -0.2) is 0 Å². The molecule has 0 heterocycles. The van der Waals surface area contributed by atoms with Crippen LogP contribution in [-0.4, -0.2) is 32.2 Å². The Bertz CT molecular complexity index is 733. The molecule has 0 bridgehead atoms. The molecular formula is C18H21N3O3S. The maximum Gasteiger partial charge on any atom is 0.191 e. The van der Waals surface area contributed by atoms with Crippen molar-refractivity contribution in [2.24, 2.45) is 5.10 Å². The number of anilines is 1. The van der Waals surface area contributed by atoms with E-state index in [9.17, 15) is 0 Å². The van der Waals surface area contributed by atoms with Crippen molar-refractivity contribution < 1.29 is 14.2 Å². The number of methoxy groups -OCH3 is 2. The molecule has 0 aliphatic heterocycles. The van der Waals surface area contributed by atoms with Gasteiger partial charge in [0, 0.05) is 11.3 Å². The summed E-state index contributed by atoms with van der Waals surface area (Å²) in [5.74, 6) is 2.23. The minimum Gasteiger partial charge on any atom is -0.497 e. The Morgan fingerprint density at radius 3 is 2.44 bits per heavy atom. The summed E-state index contributed by atoms with van der Waals surface area (Å²) in [6.45, 7) is 2.58. The topological polar surface area (TPSA) is 64.1 Å². The van der Waals surface area contributed by atoms with Gasteiger partial charge in [-0.05, 0) is 61.6 Å². The van der Waals surface area contributed by atoms with Crippen LogP contribution in [0.15, 0.2) is 47.6 Å². The highest BCUT2D eigenvalue weighted by molar-refractivity contribution is 7.80. The second-order valence-corrected chi connectivity index (χ2v) is 5.30. The molecule has 0 aliphatic carbocycles. The Labute approximate surface area is 152 Å². The number of nitrogens with zero attached hydrogens (tertiary/aromatic N) is 1. The van der Waals surface area contributed by atoms with E-state index >= 15 is 0 Å². The van der Waals surface area contributed by atoms with E-state index in [1.165, 1.54) is 0 Å². The first kappa shape index (κ1) is 18.5. The number of rotatable bonds is 7. The van der Waals surface area contributed by atoms with Gasteiger partial charge in [0.05, 0.1) is 27.0 Å². The number of hydrogen-bond donors (Lipinski definition) is 2. The molecule has 0 saturated heterocycles. The smallest absolute Gasteiger partial charge is 0.191 e. The molecule has 0 aromatic heterocycles. The Balaban J connectivity index is 1.94. The van der Waals surface area contributed by atoms with Gasteiger partial charge in [0.1, 0.15) is 17.2 Å². The van der Waals surface area contributed by atoms with E-state index in [1.54, 1.807) is 20.4 Å². The van der Waals surface area contributed by atoms with Gasteiger partial charge in [-0.3, -0.25) is 5.43 Å². The minimum atomic E-state index is 0.377. The average Bonchev–Trinajstić information content (AvgIpc) is 2.63. The molecule has 2 aromatic rings. The van der Waals surface area contributed by atoms with Crippen molar-refractivity contribution in [1.29, 1.82) is 0 Å². The first-order chi connectivity index (χ1) is 12.2. The fraction of sp³-hybridized carbons (Fsp3) is 0.222. The third kappa shape index (κ3) is 5.65. The quantitative estimate of drug-likeness (QED) is 0.449. The molecule has 7 heteroatoms. The van der Waals surface area contributed by atoms with Crippen molar-refractivity contribution in [2.75, 3.05) is 26.1 Å². The monoisotopic (exact) mass is 359 g/mol. The predicted molar refractivity (Wildman–Crippen MR) is 104 cm³/mol. The molecule has 2 aromatic carbocycles. The summed E-state index contributed by atoms with van der Waals surface area (Å²) in [6, 6.07) is 13.0. The van der Waals surface area contributed by atoms with Gasteiger partial charge in [0.15, 0.2) is 5.11 Å². The van der Waals surface area contributed by atoms with Crippen LogP contribution in [0.3, 0.4) is 0 Å². The lowest BCUT2D eigenvalue weighted by atomic mass is 10.2. The molecule has 6 nitrogen and oxygen atoms in total. The Kier molecular flexibility index (Phi) is 7.03. The SMILES string of the molecule is CCOc1ccc(NC(=S)N/N=C/c2cc(OC)ccc2OC)cc1. The van der Waals surface area contributed by atoms with Gasteiger partial charge in [-0.1, -0.05) is 0 Å². The largest absolute Gasteiger partial charge is 0.497 e. The Morgan fingerprint density at radius 1 is 1.08 bits per heavy atom. The standard InChI is InChI=1S/C18H21N3O3S/c1-4-24-15-7-5-14(6-8-15)20-18(25)21-19-12-13-11-16(22-2)9-10-17(13)23-3/h5-12H,4H2,1-3H3,(H2,20,21,25)/b19-12+. The molecule has 132 valence electrons. The molecule has 0 fully saturated rings. The summed E-state index contributed by atoms with van der Waals surface area (Å²) in [4.78, 5) is 0. The third-order valence-electron chi connectivity index (χ3n) is 3.23. The van der Waals surface area contributed by atoms with E-state index < -0.39 is 0 Å². The molecule has 0 spiro atoms. The van der Waals surface area contributed by atoms with Gasteiger partial charge < -0.3 is 19.5 Å². The van der Waals surface area contributed by atoms with Crippen molar-refractivity contribution in [2.45, 2.75) is 6.92 Å². The van der Waals surface area contributed by atoms with Crippen LogP contribution in [0.2, 0.25) is 0 Å². The summed E-state index contributed by atoms with van der Waals surface area (Å²) in [6.07, 6.45) is 1.62. The summed E-state index contributed by atoms with van der Waals surface area (Å²) < 4.78 is 15.9. The normalized spacial score (nSPS) is 10.4. The van der Waals surface area contributed by atoms with Crippen LogP contribution in [0, 0.1) is 0 Å². The van der Waals surface area contributed by atoms with Crippen LogP contribution >= 0.6 is 12.2 Å². The molecule has 0 aliphatic rings. The summed E-state index contributed by atoms with van der Waals surface area (Å²) in [5.41, 5.74) is 4.39. The number of ether oxygens (including phenoxy) is 3. The van der Waals surface area contributed by atoms with Gasteiger partial charge in [0.25, 0.3) is 0 Å². The van der Waals surface area contributed by atoms with Crippen LogP contribution in [0.25, 0.3) is 0 Å². The van der Waals surface area contributed by atoms with E-state index in [1.807, 2.05) is 49.4 Å². The van der Waals surface area contributed by atoms with Crippen LogP contribution in [0.5, 0.6) is 17.2 Å². The highest BCUT2D eigenvalue weighted by Crippen LogP contribution is 2.22. The predicted octanol–water partition coefficient (Wildman–Crippen LogP) is 3.42. The van der Waals surface area contributed by atoms with E-state index in [2.05, 4.69) is 15.8 Å². The van der Waals surface area contributed by atoms with E-state index in [4.69, 9.17) is 26.4 Å². The zero-order valence-electron chi connectivity index (χ0n) is 14.4. The lowest BCUT2D eigenvalue weighted by Gasteiger charge is -2.09. The molecular weight excluding hydrogens is 338 g/mol. The van der Waals surface area contributed by atoms with E-state index in [0.29, 0.717) is 17.5 Å². The molecule has 25 heavy (non-hydrogen) atoms. The second kappa shape index (κ2) is 9.48. The molecule has 0 amide bonds. The highest BCUT2D eigenvalue weighted by atomic mass is 32.1. The molecule has 2 N–H and O–H groups in total. The maximum atomic E-state index is 5.40. The van der Waals surface area contributed by atoms with Crippen molar-refractivity contribution in [1.82, 2.24) is 5.43 Å². The van der Waals surface area contributed by atoms with Crippen LogP contribution in [-0.2, 0) is 0 Å². The lowest BCUT2D eigenvalue weighted by Crippen LogP contribution is -2.23. The van der Waals surface area contributed by atoms with Gasteiger partial charge in [0.2, 0.25) is 0 Å². The van der Waals surface area contributed by atoms with Crippen LogP contribution < -0.4 is 25.0 Å². The third-order valence-corrected chi connectivity index (χ3v) is 3.42. The molecule has 0 atom stereocenters. The first-order valence-corrected chi connectivity index (χ1v) is 8.12. The maximum absolute atomic E-state index is 5.40. The minimum absolute atomic E-state index is 0.377. The van der Waals surface area contributed by atoms with Crippen LogP contribution in [0.1, 0.15) is 12.5 Å². The van der Waals surface area contributed by atoms with Gasteiger partial charge in [-0.15, -0.1) is 0 Å². The molecule has 2 rings (SSSR count). The first-order valence-electron chi connectivity index (χ1n) is 7.71. The Morgan fingerprint density at radius 2 is 1.80 bits per heavy atom. The molecule has 0 radical (unpaired) electrons. The fourth-order valence-electron chi connectivity index (χ4n) is 2.06. The molecule has 0 unspecified atom stereocenters. The van der Waals surface area contributed by atoms with E-state index in [0.717, 1.165) is 22.7 Å². The number of hydrogen-bond acceptors (Lipinski definition) is 5. The summed E-state index contributed by atoms with van der Waals surface area (Å²) in [5, 5.41) is 7.55. The highest BCUT2D eigenvalue weighted by Gasteiger charge is 2.03. The second-order valence-electron chi connectivity index (χ2n) is 4.89. The fourth-order valence-corrected chi connectivity index (χ4v) is 2.23. The van der Waals surface area contributed by atoms with Gasteiger partial charge >= 0.3 is 0 Å². The summed E-state index contributed by atoms with van der Waals surface area (Å²) >= 11 is 5.22. The van der Waals surface area contributed by atoms with E-state index in [-0.39, 0.29) is 0 Å². The van der Waals surface area contributed by atoms with Crippen molar-refractivity contribution in [3.63, 3.8) is 0 Å². The van der Waals surface area contributed by atoms with Crippen molar-refractivity contribution in [3.05, 3.63) is 48.0 Å². The number of benzene rings is 2. The zero-order valence-corrected chi connectivity index (χ0v) is 15.2. The number of thiocarbonyl (C=S) groups is 1.